The van der Waals surface area contributed by atoms with Crippen LogP contribution in [0.4, 0.5) is 18.3 Å². The molecule has 122 valence electrons. The quantitative estimate of drug-likeness (QED) is 0.923. The maximum atomic E-state index is 12.4. The molecule has 1 amide bonds. The maximum absolute atomic E-state index is 12.4. The maximum Gasteiger partial charge on any atom is 0.434 e. The van der Waals surface area contributed by atoms with Crippen molar-refractivity contribution in [1.29, 1.82) is 0 Å². The molecule has 1 aliphatic heterocycles. The molecule has 2 heterocycles. The molecule has 2 aromatic rings. The van der Waals surface area contributed by atoms with E-state index in [0.717, 1.165) is 22.3 Å². The number of carbonyl (C=O) groups excluding carboxylic acids is 1. The standard InChI is InChI=1S/C14H11F3N2O3S/c15-14(16,17)11-6-23-13(18-11)19-12(20)4-2-8-1-3-9-10(5-8)22-7-21-9/h1,3,5-6H,2,4,7H2,(H,18,19,20). The Morgan fingerprint density at radius 3 is 2.83 bits per heavy atom. The predicted octanol–water partition coefficient (Wildman–Crippen LogP) is 3.46. The summed E-state index contributed by atoms with van der Waals surface area (Å²) in [7, 11) is 0. The summed E-state index contributed by atoms with van der Waals surface area (Å²) >= 11 is 0.743. The lowest BCUT2D eigenvalue weighted by molar-refractivity contribution is -0.140. The van der Waals surface area contributed by atoms with E-state index in [1.165, 1.54) is 0 Å². The molecule has 1 aromatic carbocycles. The molecule has 0 fully saturated rings. The first-order valence-electron chi connectivity index (χ1n) is 6.63. The van der Waals surface area contributed by atoms with Gasteiger partial charge in [0.2, 0.25) is 12.7 Å². The number of hydrogen-bond donors (Lipinski definition) is 1. The number of aromatic nitrogens is 1. The first kappa shape index (κ1) is 15.6. The zero-order valence-electron chi connectivity index (χ0n) is 11.6. The Kier molecular flexibility index (Phi) is 4.12. The van der Waals surface area contributed by atoms with Gasteiger partial charge in [-0.05, 0) is 24.1 Å². The molecule has 0 spiro atoms. The van der Waals surface area contributed by atoms with Crippen LogP contribution in [0.5, 0.6) is 11.5 Å². The van der Waals surface area contributed by atoms with E-state index in [1.807, 2.05) is 6.07 Å². The number of ether oxygens (including phenoxy) is 2. The molecule has 9 heteroatoms. The van der Waals surface area contributed by atoms with Crippen molar-refractivity contribution >= 4 is 22.4 Å². The highest BCUT2D eigenvalue weighted by atomic mass is 32.1. The Labute approximate surface area is 133 Å². The number of fused-ring (bicyclic) bond motifs is 1. The van der Waals surface area contributed by atoms with E-state index >= 15 is 0 Å². The van der Waals surface area contributed by atoms with Crippen LogP contribution in [0.25, 0.3) is 0 Å². The average Bonchev–Trinajstić information content (AvgIpc) is 3.12. The second-order valence-corrected chi connectivity index (χ2v) is 5.63. The number of carbonyl (C=O) groups is 1. The molecule has 23 heavy (non-hydrogen) atoms. The number of nitrogens with zero attached hydrogens (tertiary/aromatic N) is 1. The molecule has 0 bridgehead atoms. The highest BCUT2D eigenvalue weighted by Gasteiger charge is 2.33. The highest BCUT2D eigenvalue weighted by Crippen LogP contribution is 2.33. The summed E-state index contributed by atoms with van der Waals surface area (Å²) in [5, 5.41) is 3.18. The SMILES string of the molecule is O=C(CCc1ccc2c(c1)OCO2)Nc1nc(C(F)(F)F)cs1. The minimum absolute atomic E-state index is 0.0620. The van der Waals surface area contributed by atoms with Gasteiger partial charge in [-0.2, -0.15) is 13.2 Å². The van der Waals surface area contributed by atoms with Gasteiger partial charge in [0.05, 0.1) is 0 Å². The van der Waals surface area contributed by atoms with Crippen molar-refractivity contribution in [3.63, 3.8) is 0 Å². The summed E-state index contributed by atoms with van der Waals surface area (Å²) in [5.74, 6) is 0.879. The lowest BCUT2D eigenvalue weighted by atomic mass is 10.1. The second-order valence-electron chi connectivity index (χ2n) is 4.77. The van der Waals surface area contributed by atoms with Crippen LogP contribution in [0.3, 0.4) is 0 Å². The van der Waals surface area contributed by atoms with Crippen LogP contribution in [0.2, 0.25) is 0 Å². The summed E-state index contributed by atoms with van der Waals surface area (Å²) < 4.78 is 47.7. The van der Waals surface area contributed by atoms with Crippen molar-refractivity contribution in [1.82, 2.24) is 4.98 Å². The van der Waals surface area contributed by atoms with Gasteiger partial charge < -0.3 is 14.8 Å². The van der Waals surface area contributed by atoms with E-state index in [0.29, 0.717) is 17.9 Å². The number of hydrogen-bond acceptors (Lipinski definition) is 5. The number of aryl methyl sites for hydroxylation is 1. The molecule has 1 N–H and O–H groups in total. The fourth-order valence-corrected chi connectivity index (χ4v) is 2.73. The minimum atomic E-state index is -4.51. The van der Waals surface area contributed by atoms with Crippen molar-refractivity contribution in [2.24, 2.45) is 0 Å². The fourth-order valence-electron chi connectivity index (χ4n) is 2.00. The zero-order chi connectivity index (χ0) is 16.4. The van der Waals surface area contributed by atoms with Gasteiger partial charge >= 0.3 is 6.18 Å². The molecular weight excluding hydrogens is 333 g/mol. The van der Waals surface area contributed by atoms with Crippen LogP contribution in [-0.4, -0.2) is 17.7 Å². The highest BCUT2D eigenvalue weighted by molar-refractivity contribution is 7.13. The van der Waals surface area contributed by atoms with Crippen molar-refractivity contribution in [3.8, 4) is 11.5 Å². The number of rotatable bonds is 4. The van der Waals surface area contributed by atoms with Gasteiger partial charge in [0.15, 0.2) is 22.3 Å². The van der Waals surface area contributed by atoms with Gasteiger partial charge in [-0.15, -0.1) is 11.3 Å². The largest absolute Gasteiger partial charge is 0.454 e. The molecule has 0 saturated carbocycles. The van der Waals surface area contributed by atoms with Gasteiger partial charge in [-0.25, -0.2) is 4.98 Å². The third kappa shape index (κ3) is 3.73. The van der Waals surface area contributed by atoms with Crippen LogP contribution in [0.15, 0.2) is 23.6 Å². The van der Waals surface area contributed by atoms with Gasteiger partial charge in [0.25, 0.3) is 0 Å². The third-order valence-corrected chi connectivity index (χ3v) is 3.88. The molecule has 1 aromatic heterocycles. The number of alkyl halides is 3. The molecule has 5 nitrogen and oxygen atoms in total. The van der Waals surface area contributed by atoms with E-state index in [2.05, 4.69) is 10.3 Å². The van der Waals surface area contributed by atoms with Gasteiger partial charge in [-0.3, -0.25) is 4.79 Å². The number of thiazole rings is 1. The van der Waals surface area contributed by atoms with Crippen molar-refractivity contribution in [2.45, 2.75) is 19.0 Å². The zero-order valence-corrected chi connectivity index (χ0v) is 12.5. The van der Waals surface area contributed by atoms with Crippen LogP contribution in [-0.2, 0) is 17.4 Å². The Hall–Kier alpha value is -2.29. The van der Waals surface area contributed by atoms with Crippen molar-refractivity contribution < 1.29 is 27.4 Å². The van der Waals surface area contributed by atoms with Crippen LogP contribution < -0.4 is 14.8 Å². The molecule has 0 unspecified atom stereocenters. The Balaban J connectivity index is 1.54. The summed E-state index contributed by atoms with van der Waals surface area (Å²) in [4.78, 5) is 15.1. The molecule has 0 radical (unpaired) electrons. The van der Waals surface area contributed by atoms with E-state index in [9.17, 15) is 18.0 Å². The van der Waals surface area contributed by atoms with Gasteiger partial charge in [0.1, 0.15) is 0 Å². The van der Waals surface area contributed by atoms with Crippen LogP contribution >= 0.6 is 11.3 Å². The Bertz CT molecular complexity index is 730. The van der Waals surface area contributed by atoms with Crippen LogP contribution in [0.1, 0.15) is 17.7 Å². The van der Waals surface area contributed by atoms with Crippen molar-refractivity contribution in [2.75, 3.05) is 12.1 Å². The number of anilines is 1. The molecule has 3 rings (SSSR count). The Morgan fingerprint density at radius 2 is 2.09 bits per heavy atom. The first-order chi connectivity index (χ1) is 10.9. The predicted molar refractivity (Wildman–Crippen MR) is 76.6 cm³/mol. The summed E-state index contributed by atoms with van der Waals surface area (Å²) in [6.45, 7) is 0.171. The number of halogens is 3. The number of benzene rings is 1. The van der Waals surface area contributed by atoms with Crippen LogP contribution in [0, 0.1) is 0 Å². The molecule has 0 saturated heterocycles. The van der Waals surface area contributed by atoms with E-state index in [4.69, 9.17) is 9.47 Å². The summed E-state index contributed by atoms with van der Waals surface area (Å²) in [6.07, 6.45) is -3.95. The van der Waals surface area contributed by atoms with Gasteiger partial charge in [-0.1, -0.05) is 6.07 Å². The smallest absolute Gasteiger partial charge is 0.434 e. The molecular formula is C14H11F3N2O3S. The third-order valence-electron chi connectivity index (χ3n) is 3.12. The Morgan fingerprint density at radius 1 is 1.30 bits per heavy atom. The first-order valence-corrected chi connectivity index (χ1v) is 7.51. The number of nitrogens with one attached hydrogen (secondary N) is 1. The average molecular weight is 344 g/mol. The second kappa shape index (κ2) is 6.07. The lowest BCUT2D eigenvalue weighted by Gasteiger charge is -2.04. The summed E-state index contributed by atoms with van der Waals surface area (Å²) in [6, 6.07) is 5.35. The minimum Gasteiger partial charge on any atom is -0.454 e. The lowest BCUT2D eigenvalue weighted by Crippen LogP contribution is -2.13. The number of amides is 1. The monoisotopic (exact) mass is 344 g/mol. The fraction of sp³-hybridized carbons (Fsp3) is 0.286. The van der Waals surface area contributed by atoms with E-state index in [1.54, 1.807) is 12.1 Å². The van der Waals surface area contributed by atoms with Gasteiger partial charge in [0, 0.05) is 11.8 Å². The molecule has 0 atom stereocenters. The molecule has 1 aliphatic rings. The normalized spacial score (nSPS) is 13.2. The molecule has 0 aliphatic carbocycles. The summed E-state index contributed by atoms with van der Waals surface area (Å²) in [5.41, 5.74) is -0.131. The van der Waals surface area contributed by atoms with Crippen molar-refractivity contribution in [3.05, 3.63) is 34.8 Å². The topological polar surface area (TPSA) is 60.5 Å². The van der Waals surface area contributed by atoms with E-state index in [-0.39, 0.29) is 18.3 Å². The van der Waals surface area contributed by atoms with E-state index < -0.39 is 17.8 Å².